The van der Waals surface area contributed by atoms with Crippen LogP contribution in [-0.4, -0.2) is 14.8 Å². The van der Waals surface area contributed by atoms with Crippen LogP contribution in [0.5, 0.6) is 0 Å². The molecule has 2 N–H and O–H groups in total. The molecule has 0 aliphatic rings. The SMILES string of the molecule is NCc1cccc(-n2cc(C(F)(F)F)cn2)n1. The summed E-state index contributed by atoms with van der Waals surface area (Å²) < 4.78 is 38.2. The molecule has 0 fully saturated rings. The Hall–Kier alpha value is -1.89. The molecule has 0 saturated heterocycles. The normalized spacial score (nSPS) is 11.8. The van der Waals surface area contributed by atoms with Gasteiger partial charge in [0.2, 0.25) is 0 Å². The van der Waals surface area contributed by atoms with E-state index in [0.29, 0.717) is 11.5 Å². The van der Waals surface area contributed by atoms with Gasteiger partial charge in [-0.25, -0.2) is 9.67 Å². The first-order valence-electron chi connectivity index (χ1n) is 4.79. The van der Waals surface area contributed by atoms with Gasteiger partial charge in [-0.3, -0.25) is 0 Å². The fourth-order valence-electron chi connectivity index (χ4n) is 1.30. The molecular weight excluding hydrogens is 233 g/mol. The average Bonchev–Trinajstić information content (AvgIpc) is 2.78. The van der Waals surface area contributed by atoms with Crippen molar-refractivity contribution in [2.45, 2.75) is 12.7 Å². The Balaban J connectivity index is 2.37. The fraction of sp³-hybridized carbons (Fsp3) is 0.200. The first-order chi connectivity index (χ1) is 8.00. The number of hydrogen-bond donors (Lipinski definition) is 1. The van der Waals surface area contributed by atoms with Gasteiger partial charge in [0, 0.05) is 12.7 Å². The molecule has 90 valence electrons. The lowest BCUT2D eigenvalue weighted by Gasteiger charge is -2.03. The van der Waals surface area contributed by atoms with E-state index in [1.807, 2.05) is 0 Å². The largest absolute Gasteiger partial charge is 0.419 e. The summed E-state index contributed by atoms with van der Waals surface area (Å²) in [6.45, 7) is 0.223. The van der Waals surface area contributed by atoms with Gasteiger partial charge in [-0.2, -0.15) is 18.3 Å². The molecule has 2 heterocycles. The lowest BCUT2D eigenvalue weighted by Crippen LogP contribution is -2.05. The number of nitrogens with two attached hydrogens (primary N) is 1. The zero-order valence-corrected chi connectivity index (χ0v) is 8.65. The molecule has 17 heavy (non-hydrogen) atoms. The topological polar surface area (TPSA) is 56.7 Å². The maximum absolute atomic E-state index is 12.4. The van der Waals surface area contributed by atoms with Crippen LogP contribution >= 0.6 is 0 Å². The summed E-state index contributed by atoms with van der Waals surface area (Å²) in [5.74, 6) is 0.309. The van der Waals surface area contributed by atoms with E-state index in [9.17, 15) is 13.2 Å². The third kappa shape index (κ3) is 2.44. The lowest BCUT2D eigenvalue weighted by atomic mass is 10.3. The molecule has 0 atom stereocenters. The minimum atomic E-state index is -4.40. The smallest absolute Gasteiger partial charge is 0.325 e. The van der Waals surface area contributed by atoms with E-state index in [2.05, 4.69) is 10.1 Å². The third-order valence-electron chi connectivity index (χ3n) is 2.15. The number of pyridine rings is 1. The molecule has 0 aliphatic heterocycles. The number of alkyl halides is 3. The minimum Gasteiger partial charge on any atom is -0.325 e. The summed E-state index contributed by atoms with van der Waals surface area (Å²) in [4.78, 5) is 4.06. The molecule has 0 radical (unpaired) electrons. The summed E-state index contributed by atoms with van der Waals surface area (Å²) in [5.41, 5.74) is 5.18. The van der Waals surface area contributed by atoms with Crippen molar-refractivity contribution in [1.29, 1.82) is 0 Å². The quantitative estimate of drug-likeness (QED) is 0.872. The van der Waals surface area contributed by atoms with Gasteiger partial charge in [-0.1, -0.05) is 6.07 Å². The van der Waals surface area contributed by atoms with Crippen molar-refractivity contribution in [3.63, 3.8) is 0 Å². The van der Waals surface area contributed by atoms with Crippen LogP contribution in [0.3, 0.4) is 0 Å². The highest BCUT2D eigenvalue weighted by Crippen LogP contribution is 2.28. The van der Waals surface area contributed by atoms with Gasteiger partial charge in [0.1, 0.15) is 0 Å². The minimum absolute atomic E-state index is 0.223. The number of halogens is 3. The average molecular weight is 242 g/mol. The van der Waals surface area contributed by atoms with Crippen molar-refractivity contribution in [2.24, 2.45) is 5.73 Å². The second-order valence-corrected chi connectivity index (χ2v) is 3.36. The van der Waals surface area contributed by atoms with E-state index < -0.39 is 11.7 Å². The monoisotopic (exact) mass is 242 g/mol. The highest BCUT2D eigenvalue weighted by atomic mass is 19.4. The first-order valence-corrected chi connectivity index (χ1v) is 4.79. The zero-order valence-electron chi connectivity index (χ0n) is 8.65. The van der Waals surface area contributed by atoms with E-state index in [-0.39, 0.29) is 6.54 Å². The summed E-state index contributed by atoms with van der Waals surface area (Å²) in [7, 11) is 0. The van der Waals surface area contributed by atoms with Gasteiger partial charge in [-0.15, -0.1) is 0 Å². The predicted molar refractivity (Wildman–Crippen MR) is 54.3 cm³/mol. The van der Waals surface area contributed by atoms with Crippen LogP contribution < -0.4 is 5.73 Å². The van der Waals surface area contributed by atoms with Crippen molar-refractivity contribution < 1.29 is 13.2 Å². The Morgan fingerprint density at radius 3 is 2.65 bits per heavy atom. The lowest BCUT2D eigenvalue weighted by molar-refractivity contribution is -0.137. The Kier molecular flexibility index (Phi) is 2.84. The molecule has 0 saturated carbocycles. The molecule has 7 heteroatoms. The number of aromatic nitrogens is 3. The van der Waals surface area contributed by atoms with Crippen LogP contribution in [0.25, 0.3) is 5.82 Å². The Morgan fingerprint density at radius 2 is 2.06 bits per heavy atom. The van der Waals surface area contributed by atoms with Crippen molar-refractivity contribution in [2.75, 3.05) is 0 Å². The number of rotatable bonds is 2. The molecule has 0 aliphatic carbocycles. The molecule has 0 amide bonds. The molecular formula is C10H9F3N4. The second-order valence-electron chi connectivity index (χ2n) is 3.36. The fourth-order valence-corrected chi connectivity index (χ4v) is 1.30. The molecule has 0 unspecified atom stereocenters. The summed E-state index contributed by atoms with van der Waals surface area (Å²) in [6, 6.07) is 4.92. The maximum Gasteiger partial charge on any atom is 0.419 e. The maximum atomic E-state index is 12.4. The molecule has 0 bridgehead atoms. The van der Waals surface area contributed by atoms with Crippen LogP contribution in [0.4, 0.5) is 13.2 Å². The highest BCUT2D eigenvalue weighted by Gasteiger charge is 2.32. The number of hydrogen-bond acceptors (Lipinski definition) is 3. The van der Waals surface area contributed by atoms with Crippen LogP contribution in [0.15, 0.2) is 30.6 Å². The Morgan fingerprint density at radius 1 is 1.29 bits per heavy atom. The predicted octanol–water partition coefficient (Wildman–Crippen LogP) is 1.74. The first kappa shape index (κ1) is 11.6. The van der Waals surface area contributed by atoms with E-state index in [0.717, 1.165) is 17.1 Å². The molecule has 2 aromatic rings. The van der Waals surface area contributed by atoms with Crippen molar-refractivity contribution in [3.8, 4) is 5.82 Å². The van der Waals surface area contributed by atoms with Gasteiger partial charge >= 0.3 is 6.18 Å². The molecule has 2 rings (SSSR count). The van der Waals surface area contributed by atoms with Gasteiger partial charge in [0.15, 0.2) is 5.82 Å². The number of nitrogens with zero attached hydrogens (tertiary/aromatic N) is 3. The van der Waals surface area contributed by atoms with Crippen LogP contribution in [-0.2, 0) is 12.7 Å². The third-order valence-corrected chi connectivity index (χ3v) is 2.15. The molecule has 2 aromatic heterocycles. The van der Waals surface area contributed by atoms with Crippen LogP contribution in [0.1, 0.15) is 11.3 Å². The van der Waals surface area contributed by atoms with Gasteiger partial charge in [0.05, 0.1) is 17.5 Å². The van der Waals surface area contributed by atoms with E-state index in [1.54, 1.807) is 18.2 Å². The van der Waals surface area contributed by atoms with E-state index in [4.69, 9.17) is 5.73 Å². The van der Waals surface area contributed by atoms with Gasteiger partial charge < -0.3 is 5.73 Å². The van der Waals surface area contributed by atoms with Gasteiger partial charge in [0.25, 0.3) is 0 Å². The summed E-state index contributed by atoms with van der Waals surface area (Å²) >= 11 is 0. The van der Waals surface area contributed by atoms with Crippen LogP contribution in [0.2, 0.25) is 0 Å². The second kappa shape index (κ2) is 4.17. The van der Waals surface area contributed by atoms with E-state index in [1.165, 1.54) is 0 Å². The summed E-state index contributed by atoms with van der Waals surface area (Å²) in [6.07, 6.45) is -2.75. The van der Waals surface area contributed by atoms with Crippen LogP contribution in [0, 0.1) is 0 Å². The highest BCUT2D eigenvalue weighted by molar-refractivity contribution is 5.25. The molecule has 0 aromatic carbocycles. The summed E-state index contributed by atoms with van der Waals surface area (Å²) in [5, 5.41) is 3.62. The van der Waals surface area contributed by atoms with Crippen molar-refractivity contribution in [3.05, 3.63) is 41.9 Å². The zero-order chi connectivity index (χ0) is 12.5. The Bertz CT molecular complexity index is 518. The van der Waals surface area contributed by atoms with Crippen molar-refractivity contribution >= 4 is 0 Å². The molecule has 4 nitrogen and oxygen atoms in total. The van der Waals surface area contributed by atoms with Gasteiger partial charge in [-0.05, 0) is 12.1 Å². The standard InChI is InChI=1S/C10H9F3N4/c11-10(12,13)7-5-15-17(6-7)9-3-1-2-8(4-14)16-9/h1-3,5-6H,4,14H2. The molecule has 0 spiro atoms. The van der Waals surface area contributed by atoms with E-state index >= 15 is 0 Å². The van der Waals surface area contributed by atoms with Crippen molar-refractivity contribution in [1.82, 2.24) is 14.8 Å². The Labute approximate surface area is 94.9 Å².